The number of hydrogen-bond acceptors (Lipinski definition) is 2. The van der Waals surface area contributed by atoms with Crippen molar-refractivity contribution in [2.75, 3.05) is 0 Å². The van der Waals surface area contributed by atoms with Crippen LogP contribution in [0.3, 0.4) is 0 Å². The summed E-state index contributed by atoms with van der Waals surface area (Å²) >= 11 is 1.82. The highest BCUT2D eigenvalue weighted by molar-refractivity contribution is 8.13. The number of rotatable bonds is 0. The number of allylic oxidation sites excluding steroid dienone is 2. The van der Waals surface area contributed by atoms with Crippen molar-refractivity contribution in [3.63, 3.8) is 0 Å². The first-order chi connectivity index (χ1) is 5.29. The van der Waals surface area contributed by atoms with Gasteiger partial charge >= 0.3 is 0 Å². The van der Waals surface area contributed by atoms with Gasteiger partial charge in [0.2, 0.25) is 0 Å². The van der Waals surface area contributed by atoms with Crippen LogP contribution in [-0.2, 0) is 0 Å². The smallest absolute Gasteiger partial charge is 0.0875 e. The van der Waals surface area contributed by atoms with Crippen LogP contribution in [0, 0.1) is 0 Å². The molecule has 0 radical (unpaired) electrons. The van der Waals surface area contributed by atoms with Crippen molar-refractivity contribution in [1.29, 1.82) is 0 Å². The van der Waals surface area contributed by atoms with E-state index in [0.29, 0.717) is 11.3 Å². The van der Waals surface area contributed by atoms with Gasteiger partial charge in [-0.2, -0.15) is 0 Å². The maximum absolute atomic E-state index is 4.42. The first-order valence-electron chi connectivity index (χ1n) is 3.82. The summed E-state index contributed by atoms with van der Waals surface area (Å²) in [4.78, 5) is 4.42. The molecule has 0 saturated heterocycles. The van der Waals surface area contributed by atoms with Crippen molar-refractivity contribution in [2.24, 2.45) is 4.99 Å². The topological polar surface area (TPSA) is 12.4 Å². The molecule has 11 heavy (non-hydrogen) atoms. The van der Waals surface area contributed by atoms with Gasteiger partial charge in [-0.3, -0.25) is 4.99 Å². The first kappa shape index (κ1) is 7.17. The molecule has 2 unspecified atom stereocenters. The third-order valence-electron chi connectivity index (χ3n) is 2.35. The van der Waals surface area contributed by atoms with Gasteiger partial charge in [0, 0.05) is 0 Å². The van der Waals surface area contributed by atoms with Crippen LogP contribution in [0.5, 0.6) is 0 Å². The number of hydrogen-bond donors (Lipinski definition) is 0. The Kier molecular flexibility index (Phi) is 1.64. The second-order valence-corrected chi connectivity index (χ2v) is 4.05. The van der Waals surface area contributed by atoms with E-state index in [1.165, 1.54) is 11.1 Å². The lowest BCUT2D eigenvalue weighted by Gasteiger charge is -2.20. The molecule has 0 aromatic rings. The number of fused-ring (bicyclic) bond motifs is 1. The van der Waals surface area contributed by atoms with Gasteiger partial charge in [0.25, 0.3) is 0 Å². The minimum absolute atomic E-state index is 0.435. The van der Waals surface area contributed by atoms with E-state index in [9.17, 15) is 0 Å². The average molecular weight is 165 g/mol. The predicted octanol–water partition coefficient (Wildman–Crippen LogP) is 2.40. The molecule has 1 aliphatic carbocycles. The molecule has 0 N–H and O–H groups in total. The maximum Gasteiger partial charge on any atom is 0.0875 e. The molecular weight excluding hydrogens is 154 g/mol. The van der Waals surface area contributed by atoms with Crippen LogP contribution in [0.25, 0.3) is 0 Å². The largest absolute Gasteiger partial charge is 0.277 e. The predicted molar refractivity (Wildman–Crippen MR) is 51.2 cm³/mol. The standard InChI is InChI=1S/C9H11NS/c1-6-3-4-8-9(7(6)2)10-5-11-8/h3-5,8-9H,1-2H3. The van der Waals surface area contributed by atoms with E-state index in [-0.39, 0.29) is 0 Å². The fourth-order valence-electron chi connectivity index (χ4n) is 1.44. The second kappa shape index (κ2) is 2.52. The molecule has 0 amide bonds. The fraction of sp³-hybridized carbons (Fsp3) is 0.444. The SMILES string of the molecule is CC1=C(C)C2N=CSC2C=C1. The highest BCUT2D eigenvalue weighted by Crippen LogP contribution is 2.32. The summed E-state index contributed by atoms with van der Waals surface area (Å²) in [5.74, 6) is 0. The average Bonchev–Trinajstić information content (AvgIpc) is 2.45. The Balaban J connectivity index is 2.36. The van der Waals surface area contributed by atoms with Gasteiger partial charge in [0.1, 0.15) is 0 Å². The molecule has 2 aliphatic rings. The zero-order valence-electron chi connectivity index (χ0n) is 6.74. The van der Waals surface area contributed by atoms with E-state index < -0.39 is 0 Å². The highest BCUT2D eigenvalue weighted by atomic mass is 32.2. The van der Waals surface area contributed by atoms with Gasteiger partial charge in [-0.1, -0.05) is 17.7 Å². The van der Waals surface area contributed by atoms with Gasteiger partial charge in [0.05, 0.1) is 16.8 Å². The number of aliphatic imine (C=N–C) groups is 1. The van der Waals surface area contributed by atoms with Gasteiger partial charge < -0.3 is 0 Å². The molecule has 0 spiro atoms. The Morgan fingerprint density at radius 3 is 3.09 bits per heavy atom. The van der Waals surface area contributed by atoms with Crippen LogP contribution in [0.15, 0.2) is 28.3 Å². The van der Waals surface area contributed by atoms with E-state index in [2.05, 4.69) is 31.0 Å². The third-order valence-corrected chi connectivity index (χ3v) is 3.32. The molecule has 0 aromatic carbocycles. The lowest BCUT2D eigenvalue weighted by atomic mass is 9.95. The summed E-state index contributed by atoms with van der Waals surface area (Å²) in [5.41, 5.74) is 4.78. The highest BCUT2D eigenvalue weighted by Gasteiger charge is 2.27. The van der Waals surface area contributed by atoms with E-state index in [4.69, 9.17) is 0 Å². The minimum atomic E-state index is 0.435. The summed E-state index contributed by atoms with van der Waals surface area (Å²) < 4.78 is 0. The summed E-state index contributed by atoms with van der Waals surface area (Å²) in [6.45, 7) is 4.33. The fourth-order valence-corrected chi connectivity index (χ4v) is 2.38. The van der Waals surface area contributed by atoms with Crippen LogP contribution < -0.4 is 0 Å². The quantitative estimate of drug-likeness (QED) is 0.537. The Bertz CT molecular complexity index is 263. The van der Waals surface area contributed by atoms with E-state index in [1.54, 1.807) is 0 Å². The Morgan fingerprint density at radius 2 is 2.27 bits per heavy atom. The molecule has 2 heteroatoms. The van der Waals surface area contributed by atoms with Gasteiger partial charge in [-0.15, -0.1) is 11.8 Å². The lowest BCUT2D eigenvalue weighted by molar-refractivity contribution is 0.796. The third kappa shape index (κ3) is 1.06. The van der Waals surface area contributed by atoms with Gasteiger partial charge in [-0.25, -0.2) is 0 Å². The molecule has 1 aliphatic heterocycles. The van der Waals surface area contributed by atoms with Crippen molar-refractivity contribution in [3.05, 3.63) is 23.3 Å². The maximum atomic E-state index is 4.42. The molecule has 0 fully saturated rings. The molecule has 58 valence electrons. The van der Waals surface area contributed by atoms with Crippen LogP contribution >= 0.6 is 11.8 Å². The molecule has 2 atom stereocenters. The summed E-state index contributed by atoms with van der Waals surface area (Å²) in [7, 11) is 0. The van der Waals surface area contributed by atoms with Crippen molar-refractivity contribution < 1.29 is 0 Å². The van der Waals surface area contributed by atoms with E-state index >= 15 is 0 Å². The second-order valence-electron chi connectivity index (χ2n) is 3.03. The number of thioether (sulfide) groups is 1. The Hall–Kier alpha value is -0.500. The van der Waals surface area contributed by atoms with Crippen LogP contribution in [0.2, 0.25) is 0 Å². The number of nitrogens with zero attached hydrogens (tertiary/aromatic N) is 1. The lowest BCUT2D eigenvalue weighted by Crippen LogP contribution is -2.20. The Labute approximate surface area is 71.3 Å². The molecular formula is C9H11NS. The minimum Gasteiger partial charge on any atom is -0.277 e. The van der Waals surface area contributed by atoms with Gasteiger partial charge in [-0.05, 0) is 19.4 Å². The van der Waals surface area contributed by atoms with E-state index in [0.717, 1.165) is 0 Å². The summed E-state index contributed by atoms with van der Waals surface area (Å²) in [6.07, 6.45) is 4.46. The zero-order valence-corrected chi connectivity index (χ0v) is 7.56. The van der Waals surface area contributed by atoms with Crippen LogP contribution in [-0.4, -0.2) is 16.8 Å². The zero-order chi connectivity index (χ0) is 7.84. The van der Waals surface area contributed by atoms with Crippen molar-refractivity contribution >= 4 is 17.3 Å². The molecule has 1 heterocycles. The molecule has 2 rings (SSSR count). The van der Waals surface area contributed by atoms with Crippen LogP contribution in [0.1, 0.15) is 13.8 Å². The van der Waals surface area contributed by atoms with Crippen LogP contribution in [0.4, 0.5) is 0 Å². The summed E-state index contributed by atoms with van der Waals surface area (Å²) in [5, 5.41) is 0.582. The van der Waals surface area contributed by atoms with Gasteiger partial charge in [0.15, 0.2) is 0 Å². The van der Waals surface area contributed by atoms with E-state index in [1.807, 2.05) is 17.3 Å². The first-order valence-corrected chi connectivity index (χ1v) is 4.76. The monoisotopic (exact) mass is 165 g/mol. The normalized spacial score (nSPS) is 34.7. The molecule has 0 saturated carbocycles. The van der Waals surface area contributed by atoms with Crippen molar-refractivity contribution in [1.82, 2.24) is 0 Å². The van der Waals surface area contributed by atoms with Crippen molar-refractivity contribution in [3.8, 4) is 0 Å². The molecule has 1 nitrogen and oxygen atoms in total. The molecule has 0 bridgehead atoms. The Morgan fingerprint density at radius 1 is 1.45 bits per heavy atom. The molecule has 0 aromatic heterocycles. The summed E-state index contributed by atoms with van der Waals surface area (Å²) in [6, 6.07) is 0.435. The van der Waals surface area contributed by atoms with Crippen molar-refractivity contribution in [2.45, 2.75) is 25.1 Å².